The fourth-order valence-corrected chi connectivity index (χ4v) is 2.24. The minimum absolute atomic E-state index is 0.0903. The zero-order valence-corrected chi connectivity index (χ0v) is 12.8. The Labute approximate surface area is 130 Å². The topological polar surface area (TPSA) is 33.0 Å². The molecule has 0 unspecified atom stereocenters. The maximum Gasteiger partial charge on any atom is 0.120 e. The molecule has 2 aromatic carbocycles. The van der Waals surface area contributed by atoms with Gasteiger partial charge in [-0.1, -0.05) is 54.1 Å². The molecule has 0 aliphatic heterocycles. The molecule has 2 nitrogen and oxygen atoms in total. The smallest absolute Gasteiger partial charge is 0.120 e. The van der Waals surface area contributed by atoms with Crippen molar-refractivity contribution in [3.63, 3.8) is 0 Å². The third-order valence-corrected chi connectivity index (χ3v) is 3.26. The van der Waals surface area contributed by atoms with Gasteiger partial charge in [0.15, 0.2) is 0 Å². The first-order chi connectivity index (χ1) is 10.1. The van der Waals surface area contributed by atoms with E-state index in [-0.39, 0.29) is 6.10 Å². The van der Waals surface area contributed by atoms with Crippen molar-refractivity contribution < 1.29 is 4.74 Å². The van der Waals surface area contributed by atoms with Crippen molar-refractivity contribution in [2.75, 3.05) is 0 Å². The van der Waals surface area contributed by atoms with Crippen LogP contribution in [0.3, 0.4) is 0 Å². The van der Waals surface area contributed by atoms with Crippen LogP contribution in [0.1, 0.15) is 25.0 Å². The highest BCUT2D eigenvalue weighted by Crippen LogP contribution is 2.31. The predicted octanol–water partition coefficient (Wildman–Crippen LogP) is 5.10. The number of benzene rings is 2. The van der Waals surface area contributed by atoms with Gasteiger partial charge in [0, 0.05) is 0 Å². The summed E-state index contributed by atoms with van der Waals surface area (Å²) in [4.78, 5) is 0. The fourth-order valence-electron chi connectivity index (χ4n) is 1.97. The number of ether oxygens (including phenoxy) is 1. The summed E-state index contributed by atoms with van der Waals surface area (Å²) in [5, 5.41) is 9.83. The van der Waals surface area contributed by atoms with Gasteiger partial charge in [-0.05, 0) is 37.1 Å². The first kappa shape index (κ1) is 15.2. The molecule has 0 aliphatic carbocycles. The van der Waals surface area contributed by atoms with Crippen molar-refractivity contribution in [1.29, 1.82) is 5.26 Å². The van der Waals surface area contributed by atoms with Crippen LogP contribution in [0, 0.1) is 11.3 Å². The second-order valence-electron chi connectivity index (χ2n) is 4.86. The van der Waals surface area contributed by atoms with Crippen molar-refractivity contribution in [1.82, 2.24) is 0 Å². The molecule has 0 atom stereocenters. The Kier molecular flexibility index (Phi) is 5.03. The van der Waals surface area contributed by atoms with E-state index in [9.17, 15) is 5.26 Å². The van der Waals surface area contributed by atoms with Crippen LogP contribution >= 0.6 is 11.6 Å². The Morgan fingerprint density at radius 3 is 2.33 bits per heavy atom. The highest BCUT2D eigenvalue weighted by molar-refractivity contribution is 6.53. The average molecular weight is 298 g/mol. The van der Waals surface area contributed by atoms with Crippen LogP contribution in [0.2, 0.25) is 0 Å². The van der Waals surface area contributed by atoms with Gasteiger partial charge in [-0.2, -0.15) is 5.26 Å². The molecule has 0 saturated heterocycles. The molecule has 0 heterocycles. The van der Waals surface area contributed by atoms with E-state index in [4.69, 9.17) is 16.3 Å². The summed E-state index contributed by atoms with van der Waals surface area (Å²) in [7, 11) is 0. The maximum absolute atomic E-state index is 9.40. The summed E-state index contributed by atoms with van der Waals surface area (Å²) in [5.41, 5.74) is 2.04. The summed E-state index contributed by atoms with van der Waals surface area (Å²) in [6, 6.07) is 19.1. The highest BCUT2D eigenvalue weighted by atomic mass is 35.5. The fraction of sp³-hybridized carbons (Fsp3) is 0.167. The average Bonchev–Trinajstić information content (AvgIpc) is 2.48. The van der Waals surface area contributed by atoms with E-state index in [0.29, 0.717) is 10.6 Å². The predicted molar refractivity (Wildman–Crippen MR) is 86.9 cm³/mol. The Bertz CT molecular complexity index is 684. The molecule has 0 bridgehead atoms. The lowest BCUT2D eigenvalue weighted by Gasteiger charge is -2.11. The summed E-state index contributed by atoms with van der Waals surface area (Å²) in [6.07, 6.45) is 0.0903. The number of rotatable bonds is 4. The summed E-state index contributed by atoms with van der Waals surface area (Å²) in [5.74, 6) is 0.742. The molecule has 21 heavy (non-hydrogen) atoms. The van der Waals surface area contributed by atoms with Gasteiger partial charge in [-0.15, -0.1) is 0 Å². The summed E-state index contributed by atoms with van der Waals surface area (Å²) < 4.78 is 5.66. The number of nitriles is 1. The Hall–Kier alpha value is -2.24. The van der Waals surface area contributed by atoms with Gasteiger partial charge in [0.2, 0.25) is 0 Å². The molecule has 106 valence electrons. The number of nitrogens with zero attached hydrogens (tertiary/aromatic N) is 1. The van der Waals surface area contributed by atoms with Crippen molar-refractivity contribution in [2.24, 2.45) is 0 Å². The van der Waals surface area contributed by atoms with Gasteiger partial charge in [0.05, 0.1) is 16.7 Å². The number of allylic oxidation sites excluding steroid dienone is 1. The van der Waals surface area contributed by atoms with Crippen LogP contribution in [0.25, 0.3) is 10.6 Å². The largest absolute Gasteiger partial charge is 0.491 e. The van der Waals surface area contributed by atoms with Crippen LogP contribution < -0.4 is 4.74 Å². The van der Waals surface area contributed by atoms with Crippen LogP contribution in [-0.4, -0.2) is 6.10 Å². The third-order valence-electron chi connectivity index (χ3n) is 2.85. The molecule has 0 radical (unpaired) electrons. The first-order valence-electron chi connectivity index (χ1n) is 6.74. The van der Waals surface area contributed by atoms with Crippen molar-refractivity contribution >= 4 is 22.2 Å². The van der Waals surface area contributed by atoms with Crippen molar-refractivity contribution in [3.8, 4) is 11.8 Å². The highest BCUT2D eigenvalue weighted by Gasteiger charge is 2.10. The van der Waals surface area contributed by atoms with Crippen molar-refractivity contribution in [2.45, 2.75) is 20.0 Å². The Balaban J connectivity index is 2.44. The van der Waals surface area contributed by atoms with Gasteiger partial charge in [0.1, 0.15) is 11.8 Å². The van der Waals surface area contributed by atoms with Crippen LogP contribution in [0.4, 0.5) is 0 Å². The first-order valence-corrected chi connectivity index (χ1v) is 7.12. The molecule has 0 aromatic heterocycles. The molecule has 3 heteroatoms. The second-order valence-corrected chi connectivity index (χ2v) is 5.24. The van der Waals surface area contributed by atoms with Crippen LogP contribution in [-0.2, 0) is 0 Å². The zero-order valence-electron chi connectivity index (χ0n) is 12.0. The molecule has 2 aromatic rings. The SMILES string of the molecule is CC(C)Oc1cccc(C(Cl)=C(C#N)c2ccccc2)c1. The molecule has 0 N–H and O–H groups in total. The minimum atomic E-state index is 0.0903. The van der Waals surface area contributed by atoms with Gasteiger partial charge in [0.25, 0.3) is 0 Å². The molecule has 0 aliphatic rings. The van der Waals surface area contributed by atoms with Gasteiger partial charge >= 0.3 is 0 Å². The lowest BCUT2D eigenvalue weighted by atomic mass is 10.0. The molecular formula is C18H16ClNO. The number of hydrogen-bond acceptors (Lipinski definition) is 2. The second kappa shape index (κ2) is 6.97. The van der Waals surface area contributed by atoms with E-state index in [1.165, 1.54) is 0 Å². The van der Waals surface area contributed by atoms with Gasteiger partial charge < -0.3 is 4.74 Å². The van der Waals surface area contributed by atoms with E-state index in [1.807, 2.05) is 68.4 Å². The van der Waals surface area contributed by atoms with E-state index in [1.54, 1.807) is 0 Å². The molecule has 0 amide bonds. The quantitative estimate of drug-likeness (QED) is 0.580. The summed E-state index contributed by atoms with van der Waals surface area (Å²) >= 11 is 6.42. The third kappa shape index (κ3) is 3.87. The molecule has 0 fully saturated rings. The van der Waals surface area contributed by atoms with E-state index in [0.717, 1.165) is 16.9 Å². The molecular weight excluding hydrogens is 282 g/mol. The molecule has 0 spiro atoms. The van der Waals surface area contributed by atoms with E-state index < -0.39 is 0 Å². The van der Waals surface area contributed by atoms with Gasteiger partial charge in [-0.25, -0.2) is 0 Å². The normalized spacial score (nSPS) is 11.8. The van der Waals surface area contributed by atoms with Gasteiger partial charge in [-0.3, -0.25) is 0 Å². The van der Waals surface area contributed by atoms with E-state index >= 15 is 0 Å². The monoisotopic (exact) mass is 297 g/mol. The maximum atomic E-state index is 9.40. The Morgan fingerprint density at radius 1 is 1.05 bits per heavy atom. The minimum Gasteiger partial charge on any atom is -0.491 e. The molecule has 2 rings (SSSR count). The standard InChI is InChI=1S/C18H16ClNO/c1-13(2)21-16-10-6-9-15(11-16)18(19)17(12-20)14-7-4-3-5-8-14/h3-11,13H,1-2H3. The molecule has 0 saturated carbocycles. The number of halogens is 1. The lowest BCUT2D eigenvalue weighted by Crippen LogP contribution is -2.05. The summed E-state index contributed by atoms with van der Waals surface area (Å²) in [6.45, 7) is 3.93. The van der Waals surface area contributed by atoms with Crippen LogP contribution in [0.15, 0.2) is 54.6 Å². The lowest BCUT2D eigenvalue weighted by molar-refractivity contribution is 0.242. The zero-order chi connectivity index (χ0) is 15.2. The van der Waals surface area contributed by atoms with E-state index in [2.05, 4.69) is 6.07 Å². The van der Waals surface area contributed by atoms with Crippen molar-refractivity contribution in [3.05, 3.63) is 65.7 Å². The van der Waals surface area contributed by atoms with Crippen LogP contribution in [0.5, 0.6) is 5.75 Å². The Morgan fingerprint density at radius 2 is 1.71 bits per heavy atom. The number of hydrogen-bond donors (Lipinski definition) is 0.